The van der Waals surface area contributed by atoms with Gasteiger partial charge in [-0.05, 0) is 26.2 Å². The fourth-order valence-electron chi connectivity index (χ4n) is 1.79. The number of ether oxygens (including phenoxy) is 2. The Bertz CT molecular complexity index is 388. The van der Waals surface area contributed by atoms with E-state index < -0.39 is 24.0 Å². The van der Waals surface area contributed by atoms with Crippen molar-refractivity contribution in [2.45, 2.75) is 38.3 Å². The number of nitrogens with two attached hydrogens (primary N) is 1. The van der Waals surface area contributed by atoms with E-state index in [0.717, 1.165) is 6.42 Å². The van der Waals surface area contributed by atoms with E-state index in [1.807, 2.05) is 0 Å². The van der Waals surface area contributed by atoms with Crippen LogP contribution in [0.1, 0.15) is 26.2 Å². The molecule has 7 heteroatoms. The molecule has 7 nitrogen and oxygen atoms in total. The Morgan fingerprint density at radius 3 is 2.80 bits per heavy atom. The molecule has 1 saturated heterocycles. The van der Waals surface area contributed by atoms with Gasteiger partial charge in [0.15, 0.2) is 0 Å². The third kappa shape index (κ3) is 5.40. The van der Waals surface area contributed by atoms with E-state index in [9.17, 15) is 14.4 Å². The van der Waals surface area contributed by atoms with Gasteiger partial charge < -0.3 is 20.5 Å². The molecule has 0 aromatic rings. The summed E-state index contributed by atoms with van der Waals surface area (Å²) in [6.07, 6.45) is 3.72. The van der Waals surface area contributed by atoms with Gasteiger partial charge in [-0.1, -0.05) is 6.08 Å². The molecule has 0 unspecified atom stereocenters. The number of amides is 2. The molecule has 1 aliphatic heterocycles. The van der Waals surface area contributed by atoms with Gasteiger partial charge in [0.1, 0.15) is 12.1 Å². The minimum atomic E-state index is -0.864. The predicted octanol–water partition coefficient (Wildman–Crippen LogP) is -0.355. The van der Waals surface area contributed by atoms with Crippen LogP contribution in [-0.4, -0.2) is 43.1 Å². The van der Waals surface area contributed by atoms with Gasteiger partial charge in [-0.2, -0.15) is 0 Å². The Hall–Kier alpha value is -1.89. The first-order valence-corrected chi connectivity index (χ1v) is 6.59. The van der Waals surface area contributed by atoms with Gasteiger partial charge in [-0.25, -0.2) is 4.79 Å². The van der Waals surface area contributed by atoms with Crippen molar-refractivity contribution in [3.05, 3.63) is 12.2 Å². The second kappa shape index (κ2) is 8.31. The molecule has 0 bridgehead atoms. The lowest BCUT2D eigenvalue weighted by Gasteiger charge is -2.16. The predicted molar refractivity (Wildman–Crippen MR) is 70.5 cm³/mol. The van der Waals surface area contributed by atoms with E-state index in [0.29, 0.717) is 13.0 Å². The van der Waals surface area contributed by atoms with Crippen LogP contribution in [0.3, 0.4) is 0 Å². The number of carbonyl (C=O) groups is 3. The zero-order valence-corrected chi connectivity index (χ0v) is 11.5. The maximum atomic E-state index is 11.8. The molecule has 3 N–H and O–H groups in total. The SMILES string of the molecule is CCOC(=O)/C=C/C[C@H](NC(=O)[C@H]1CCCO1)C(N)=O. The van der Waals surface area contributed by atoms with Crippen molar-refractivity contribution in [3.8, 4) is 0 Å². The number of carbonyl (C=O) groups excluding carboxylic acids is 3. The average Bonchev–Trinajstić information content (AvgIpc) is 2.91. The zero-order valence-electron chi connectivity index (χ0n) is 11.5. The Balaban J connectivity index is 2.45. The molecule has 2 amide bonds. The maximum absolute atomic E-state index is 11.8. The molecule has 0 radical (unpaired) electrons. The molecule has 0 spiro atoms. The third-order valence-electron chi connectivity index (χ3n) is 2.79. The summed E-state index contributed by atoms with van der Waals surface area (Å²) in [6, 6.07) is -0.864. The van der Waals surface area contributed by atoms with Gasteiger partial charge >= 0.3 is 5.97 Å². The lowest BCUT2D eigenvalue weighted by molar-refractivity contribution is -0.137. The number of hydrogen-bond donors (Lipinski definition) is 2. The smallest absolute Gasteiger partial charge is 0.330 e. The summed E-state index contributed by atoms with van der Waals surface area (Å²) in [7, 11) is 0. The van der Waals surface area contributed by atoms with Gasteiger partial charge in [0.2, 0.25) is 11.8 Å². The monoisotopic (exact) mass is 284 g/mol. The normalized spacial score (nSPS) is 19.8. The number of rotatable bonds is 7. The van der Waals surface area contributed by atoms with Crippen LogP contribution in [-0.2, 0) is 23.9 Å². The van der Waals surface area contributed by atoms with Crippen molar-refractivity contribution in [3.63, 3.8) is 0 Å². The van der Waals surface area contributed by atoms with E-state index in [-0.39, 0.29) is 18.9 Å². The Morgan fingerprint density at radius 1 is 1.50 bits per heavy atom. The molecule has 1 rings (SSSR count). The van der Waals surface area contributed by atoms with Gasteiger partial charge in [-0.3, -0.25) is 9.59 Å². The Morgan fingerprint density at radius 2 is 2.25 bits per heavy atom. The van der Waals surface area contributed by atoms with Crippen molar-refractivity contribution in [1.82, 2.24) is 5.32 Å². The van der Waals surface area contributed by atoms with E-state index in [2.05, 4.69) is 5.32 Å². The highest BCUT2D eigenvalue weighted by atomic mass is 16.5. The molecule has 0 aromatic heterocycles. The Labute approximate surface area is 117 Å². The van der Waals surface area contributed by atoms with Crippen LogP contribution in [0, 0.1) is 0 Å². The van der Waals surface area contributed by atoms with Gasteiger partial charge in [-0.15, -0.1) is 0 Å². The molecule has 1 heterocycles. The van der Waals surface area contributed by atoms with Crippen molar-refractivity contribution in [2.24, 2.45) is 5.73 Å². The summed E-state index contributed by atoms with van der Waals surface area (Å²) < 4.78 is 9.91. The first-order chi connectivity index (χ1) is 9.54. The van der Waals surface area contributed by atoms with E-state index >= 15 is 0 Å². The summed E-state index contributed by atoms with van der Waals surface area (Å²) in [6.45, 7) is 2.51. The molecular formula is C13H20N2O5. The third-order valence-corrected chi connectivity index (χ3v) is 2.79. The molecule has 20 heavy (non-hydrogen) atoms. The fourth-order valence-corrected chi connectivity index (χ4v) is 1.79. The summed E-state index contributed by atoms with van der Waals surface area (Å²) in [5.74, 6) is -1.51. The molecule has 0 aromatic carbocycles. The van der Waals surface area contributed by atoms with Crippen molar-refractivity contribution < 1.29 is 23.9 Å². The second-order valence-corrected chi connectivity index (χ2v) is 4.36. The lowest BCUT2D eigenvalue weighted by Crippen LogP contribution is -2.47. The van der Waals surface area contributed by atoms with Crippen LogP contribution in [0.5, 0.6) is 0 Å². The second-order valence-electron chi connectivity index (χ2n) is 4.36. The van der Waals surface area contributed by atoms with Crippen LogP contribution < -0.4 is 11.1 Å². The standard InChI is InChI=1S/C13H20N2O5/c1-2-19-11(16)7-3-5-9(12(14)17)15-13(18)10-6-4-8-20-10/h3,7,9-10H,2,4-6,8H2,1H3,(H2,14,17)(H,15,18)/b7-3+/t9-,10+/m0/s1. The van der Waals surface area contributed by atoms with E-state index in [1.165, 1.54) is 12.2 Å². The van der Waals surface area contributed by atoms with Crippen LogP contribution in [0.25, 0.3) is 0 Å². The minimum Gasteiger partial charge on any atom is -0.463 e. The fraction of sp³-hybridized carbons (Fsp3) is 0.615. The highest BCUT2D eigenvalue weighted by Crippen LogP contribution is 2.12. The molecule has 0 saturated carbocycles. The van der Waals surface area contributed by atoms with Crippen LogP contribution in [0.15, 0.2) is 12.2 Å². The van der Waals surface area contributed by atoms with Gasteiger partial charge in [0.25, 0.3) is 0 Å². The first kappa shape index (κ1) is 16.2. The minimum absolute atomic E-state index is 0.132. The zero-order chi connectivity index (χ0) is 15.0. The molecular weight excluding hydrogens is 264 g/mol. The number of primary amides is 1. The molecule has 1 aliphatic rings. The molecule has 112 valence electrons. The van der Waals surface area contributed by atoms with Crippen molar-refractivity contribution in [2.75, 3.05) is 13.2 Å². The summed E-state index contributed by atoms with van der Waals surface area (Å²) in [5, 5.41) is 2.52. The number of hydrogen-bond acceptors (Lipinski definition) is 5. The van der Waals surface area contributed by atoms with Crippen LogP contribution in [0.2, 0.25) is 0 Å². The largest absolute Gasteiger partial charge is 0.463 e. The summed E-state index contributed by atoms with van der Waals surface area (Å²) in [5.41, 5.74) is 5.21. The lowest BCUT2D eigenvalue weighted by atomic mass is 10.1. The molecule has 0 aliphatic carbocycles. The number of nitrogens with one attached hydrogen (secondary N) is 1. The van der Waals surface area contributed by atoms with Crippen molar-refractivity contribution >= 4 is 17.8 Å². The summed E-state index contributed by atoms with van der Waals surface area (Å²) in [4.78, 5) is 34.2. The molecule has 2 atom stereocenters. The number of esters is 1. The highest BCUT2D eigenvalue weighted by molar-refractivity contribution is 5.89. The van der Waals surface area contributed by atoms with Crippen LogP contribution in [0.4, 0.5) is 0 Å². The maximum Gasteiger partial charge on any atom is 0.330 e. The van der Waals surface area contributed by atoms with Gasteiger partial charge in [0.05, 0.1) is 6.61 Å². The molecule has 1 fully saturated rings. The first-order valence-electron chi connectivity index (χ1n) is 6.59. The quantitative estimate of drug-likeness (QED) is 0.490. The average molecular weight is 284 g/mol. The van der Waals surface area contributed by atoms with Crippen molar-refractivity contribution in [1.29, 1.82) is 0 Å². The Kier molecular flexibility index (Phi) is 6.72. The van der Waals surface area contributed by atoms with E-state index in [4.69, 9.17) is 15.2 Å². The highest BCUT2D eigenvalue weighted by Gasteiger charge is 2.26. The van der Waals surface area contributed by atoms with E-state index in [1.54, 1.807) is 6.92 Å². The topological polar surface area (TPSA) is 108 Å². The van der Waals surface area contributed by atoms with Crippen LogP contribution >= 0.6 is 0 Å². The summed E-state index contributed by atoms with van der Waals surface area (Å²) >= 11 is 0. The van der Waals surface area contributed by atoms with Gasteiger partial charge in [0, 0.05) is 12.7 Å².